The summed E-state index contributed by atoms with van der Waals surface area (Å²) in [6.07, 6.45) is 4.56. The van der Waals surface area contributed by atoms with Gasteiger partial charge in [-0.15, -0.1) is 0 Å². The van der Waals surface area contributed by atoms with Crippen LogP contribution in [0, 0.1) is 0 Å². The number of carbonyl (C=O) groups excluding carboxylic acids is 2. The summed E-state index contributed by atoms with van der Waals surface area (Å²) in [6.45, 7) is 4.45. The van der Waals surface area contributed by atoms with Gasteiger partial charge in [0.1, 0.15) is 0 Å². The van der Waals surface area contributed by atoms with Gasteiger partial charge in [0.2, 0.25) is 5.91 Å². The third-order valence-electron chi connectivity index (χ3n) is 3.99. The molecule has 0 saturated carbocycles. The van der Waals surface area contributed by atoms with Crippen molar-refractivity contribution in [2.75, 3.05) is 26.2 Å². The van der Waals surface area contributed by atoms with E-state index in [-0.39, 0.29) is 24.1 Å². The summed E-state index contributed by atoms with van der Waals surface area (Å²) in [5, 5.41) is 6.36. The highest BCUT2D eigenvalue weighted by molar-refractivity contribution is 5.82. The van der Waals surface area contributed by atoms with E-state index in [1.165, 1.54) is 0 Å². The van der Waals surface area contributed by atoms with Crippen molar-refractivity contribution in [3.63, 3.8) is 0 Å². The molecule has 2 aliphatic rings. The van der Waals surface area contributed by atoms with Crippen LogP contribution < -0.4 is 10.6 Å². The molecule has 1 atom stereocenters. The van der Waals surface area contributed by atoms with Crippen molar-refractivity contribution in [1.29, 1.82) is 0 Å². The van der Waals surface area contributed by atoms with Gasteiger partial charge in [0.25, 0.3) is 0 Å². The molecule has 2 aliphatic heterocycles. The van der Waals surface area contributed by atoms with Gasteiger partial charge in [-0.2, -0.15) is 0 Å². The van der Waals surface area contributed by atoms with Gasteiger partial charge in [0.05, 0.1) is 12.6 Å². The molecule has 2 heterocycles. The standard InChI is InChI=1S/C14H25N3O3/c1-2-20-14(19)17-9-6-11(7-10-17)16-13(18)12-5-3-4-8-15-12/h11-12,15H,2-10H2,1H3,(H,16,18)/t12-/m1/s1. The van der Waals surface area contributed by atoms with Crippen LogP contribution in [0.4, 0.5) is 4.79 Å². The Kier molecular flexibility index (Phi) is 5.64. The van der Waals surface area contributed by atoms with Gasteiger partial charge in [0.15, 0.2) is 0 Å². The minimum atomic E-state index is -0.244. The molecule has 0 aromatic rings. The van der Waals surface area contributed by atoms with Crippen molar-refractivity contribution in [3.05, 3.63) is 0 Å². The maximum Gasteiger partial charge on any atom is 0.409 e. The highest BCUT2D eigenvalue weighted by Crippen LogP contribution is 2.13. The summed E-state index contributed by atoms with van der Waals surface area (Å²) in [5.74, 6) is 0.110. The molecule has 0 spiro atoms. The Morgan fingerprint density at radius 1 is 1.25 bits per heavy atom. The maximum atomic E-state index is 12.1. The van der Waals surface area contributed by atoms with E-state index in [1.54, 1.807) is 4.90 Å². The molecule has 2 amide bonds. The number of likely N-dealkylation sites (tertiary alicyclic amines) is 1. The lowest BCUT2D eigenvalue weighted by Gasteiger charge is -2.33. The van der Waals surface area contributed by atoms with Crippen LogP contribution in [0.5, 0.6) is 0 Å². The number of piperidine rings is 2. The normalized spacial score (nSPS) is 24.2. The minimum absolute atomic E-state index is 0.0353. The average Bonchev–Trinajstić information content (AvgIpc) is 2.49. The summed E-state index contributed by atoms with van der Waals surface area (Å²) in [6, 6.07) is 0.142. The number of nitrogens with one attached hydrogen (secondary N) is 2. The second-order valence-electron chi connectivity index (χ2n) is 5.47. The Morgan fingerprint density at radius 3 is 2.60 bits per heavy atom. The monoisotopic (exact) mass is 283 g/mol. The summed E-state index contributed by atoms with van der Waals surface area (Å²) < 4.78 is 4.98. The van der Waals surface area contributed by atoms with Crippen LogP contribution in [-0.4, -0.2) is 55.2 Å². The van der Waals surface area contributed by atoms with Gasteiger partial charge in [-0.3, -0.25) is 4.79 Å². The van der Waals surface area contributed by atoms with E-state index < -0.39 is 0 Å². The van der Waals surface area contributed by atoms with Crippen LogP contribution in [0.1, 0.15) is 39.0 Å². The summed E-state index contributed by atoms with van der Waals surface area (Å²) in [5.41, 5.74) is 0. The van der Waals surface area contributed by atoms with Crippen LogP contribution in [0.15, 0.2) is 0 Å². The highest BCUT2D eigenvalue weighted by atomic mass is 16.6. The molecule has 0 aromatic carbocycles. The molecule has 2 rings (SSSR count). The van der Waals surface area contributed by atoms with Crippen molar-refractivity contribution in [2.24, 2.45) is 0 Å². The Labute approximate surface area is 120 Å². The zero-order chi connectivity index (χ0) is 14.4. The second-order valence-corrected chi connectivity index (χ2v) is 5.47. The molecule has 0 radical (unpaired) electrons. The molecule has 0 unspecified atom stereocenters. The Morgan fingerprint density at radius 2 is 2.00 bits per heavy atom. The highest BCUT2D eigenvalue weighted by Gasteiger charge is 2.27. The van der Waals surface area contributed by atoms with E-state index in [4.69, 9.17) is 4.74 Å². The first kappa shape index (κ1) is 15.1. The fourth-order valence-electron chi connectivity index (χ4n) is 2.80. The van der Waals surface area contributed by atoms with Crippen molar-refractivity contribution >= 4 is 12.0 Å². The molecule has 20 heavy (non-hydrogen) atoms. The van der Waals surface area contributed by atoms with E-state index in [0.29, 0.717) is 19.7 Å². The number of hydrogen-bond donors (Lipinski definition) is 2. The van der Waals surface area contributed by atoms with Gasteiger partial charge in [0, 0.05) is 19.1 Å². The number of amides is 2. The minimum Gasteiger partial charge on any atom is -0.450 e. The van der Waals surface area contributed by atoms with Crippen molar-refractivity contribution in [2.45, 2.75) is 51.1 Å². The van der Waals surface area contributed by atoms with Gasteiger partial charge in [-0.25, -0.2) is 4.79 Å². The molecule has 2 fully saturated rings. The van der Waals surface area contributed by atoms with Crippen LogP contribution in [-0.2, 0) is 9.53 Å². The number of carbonyl (C=O) groups is 2. The van der Waals surface area contributed by atoms with E-state index in [0.717, 1.165) is 38.6 Å². The van der Waals surface area contributed by atoms with Gasteiger partial charge in [-0.05, 0) is 39.2 Å². The Hall–Kier alpha value is -1.30. The van der Waals surface area contributed by atoms with Crippen LogP contribution in [0.25, 0.3) is 0 Å². The van der Waals surface area contributed by atoms with Gasteiger partial charge in [-0.1, -0.05) is 6.42 Å². The molecule has 0 bridgehead atoms. The van der Waals surface area contributed by atoms with E-state index in [2.05, 4.69) is 10.6 Å². The first-order chi connectivity index (χ1) is 9.70. The summed E-state index contributed by atoms with van der Waals surface area (Å²) in [7, 11) is 0. The number of rotatable bonds is 3. The smallest absolute Gasteiger partial charge is 0.409 e. The molecule has 2 N–H and O–H groups in total. The number of nitrogens with zero attached hydrogens (tertiary/aromatic N) is 1. The number of ether oxygens (including phenoxy) is 1. The van der Waals surface area contributed by atoms with Crippen molar-refractivity contribution < 1.29 is 14.3 Å². The molecule has 0 aromatic heterocycles. The third kappa shape index (κ3) is 4.10. The predicted octanol–water partition coefficient (Wildman–Crippen LogP) is 0.866. The number of hydrogen-bond acceptors (Lipinski definition) is 4. The molecule has 2 saturated heterocycles. The fourth-order valence-corrected chi connectivity index (χ4v) is 2.80. The molecule has 6 nitrogen and oxygen atoms in total. The van der Waals surface area contributed by atoms with Crippen molar-refractivity contribution in [1.82, 2.24) is 15.5 Å². The largest absolute Gasteiger partial charge is 0.450 e. The van der Waals surface area contributed by atoms with E-state index in [1.807, 2.05) is 6.92 Å². The van der Waals surface area contributed by atoms with Crippen LogP contribution in [0.2, 0.25) is 0 Å². The first-order valence-corrected chi connectivity index (χ1v) is 7.66. The first-order valence-electron chi connectivity index (χ1n) is 7.66. The topological polar surface area (TPSA) is 70.7 Å². The molecular weight excluding hydrogens is 258 g/mol. The van der Waals surface area contributed by atoms with Crippen LogP contribution >= 0.6 is 0 Å². The molecule has 6 heteroatoms. The van der Waals surface area contributed by atoms with Crippen molar-refractivity contribution in [3.8, 4) is 0 Å². The lowest BCUT2D eigenvalue weighted by molar-refractivity contribution is -0.124. The van der Waals surface area contributed by atoms with Crippen LogP contribution in [0.3, 0.4) is 0 Å². The lowest BCUT2D eigenvalue weighted by atomic mass is 10.0. The third-order valence-corrected chi connectivity index (χ3v) is 3.99. The quantitative estimate of drug-likeness (QED) is 0.806. The zero-order valence-corrected chi connectivity index (χ0v) is 12.2. The van der Waals surface area contributed by atoms with Gasteiger partial charge >= 0.3 is 6.09 Å². The lowest BCUT2D eigenvalue weighted by Crippen LogP contribution is -2.52. The fraction of sp³-hybridized carbons (Fsp3) is 0.857. The average molecular weight is 283 g/mol. The SMILES string of the molecule is CCOC(=O)N1CCC(NC(=O)[C@H]2CCCCN2)CC1. The zero-order valence-electron chi connectivity index (χ0n) is 12.2. The Bertz CT molecular complexity index is 335. The van der Waals surface area contributed by atoms with Gasteiger partial charge < -0.3 is 20.3 Å². The molecule has 114 valence electrons. The molecular formula is C14H25N3O3. The second kappa shape index (κ2) is 7.47. The van der Waals surface area contributed by atoms with E-state index >= 15 is 0 Å². The summed E-state index contributed by atoms with van der Waals surface area (Å²) >= 11 is 0. The maximum absolute atomic E-state index is 12.1. The predicted molar refractivity (Wildman–Crippen MR) is 75.4 cm³/mol. The molecule has 0 aliphatic carbocycles. The van der Waals surface area contributed by atoms with E-state index in [9.17, 15) is 9.59 Å². The summed E-state index contributed by atoms with van der Waals surface area (Å²) in [4.78, 5) is 25.4. The Balaban J connectivity index is 1.71.